The van der Waals surface area contributed by atoms with Crippen molar-refractivity contribution in [3.8, 4) is 11.1 Å². The highest BCUT2D eigenvalue weighted by Gasteiger charge is 2.35. The molecule has 4 aliphatic heterocycles. The second kappa shape index (κ2) is 18.8. The molecule has 1 saturated heterocycles. The van der Waals surface area contributed by atoms with Gasteiger partial charge in [0.15, 0.2) is 12.1 Å². The number of halogens is 3. The van der Waals surface area contributed by atoms with E-state index in [0.29, 0.717) is 136 Å². The molecule has 1 atom stereocenters. The zero-order valence-corrected chi connectivity index (χ0v) is 36.2. The summed E-state index contributed by atoms with van der Waals surface area (Å²) in [5.74, 6) is -0.0795. The van der Waals surface area contributed by atoms with Gasteiger partial charge in [0, 0.05) is 92.5 Å². The van der Waals surface area contributed by atoms with Gasteiger partial charge < -0.3 is 24.9 Å². The number of anilines is 2. The van der Waals surface area contributed by atoms with E-state index in [0.717, 1.165) is 40.8 Å². The van der Waals surface area contributed by atoms with Crippen LogP contribution in [-0.2, 0) is 46.9 Å². The topological polar surface area (TPSA) is 131 Å². The molecule has 8 rings (SSSR count). The molecule has 336 valence electrons. The van der Waals surface area contributed by atoms with Crippen molar-refractivity contribution in [2.45, 2.75) is 90.0 Å². The predicted octanol–water partition coefficient (Wildman–Crippen LogP) is 6.72. The third kappa shape index (κ3) is 8.92. The van der Waals surface area contributed by atoms with Crippen LogP contribution in [0.1, 0.15) is 106 Å². The van der Waals surface area contributed by atoms with E-state index in [4.69, 9.17) is 5.10 Å². The van der Waals surface area contributed by atoms with E-state index in [1.54, 1.807) is 41.1 Å². The van der Waals surface area contributed by atoms with Crippen molar-refractivity contribution in [2.24, 2.45) is 0 Å². The summed E-state index contributed by atoms with van der Waals surface area (Å²) in [6, 6.07) is 12.3. The fourth-order valence-electron chi connectivity index (χ4n) is 9.70. The Kier molecular flexibility index (Phi) is 13.0. The van der Waals surface area contributed by atoms with E-state index in [2.05, 4.69) is 16.6 Å². The van der Waals surface area contributed by atoms with Crippen molar-refractivity contribution >= 4 is 42.4 Å². The first-order valence-electron chi connectivity index (χ1n) is 21.9. The summed E-state index contributed by atoms with van der Waals surface area (Å²) >= 11 is 0. The molecule has 0 bridgehead atoms. The summed E-state index contributed by atoms with van der Waals surface area (Å²) in [4.78, 5) is 71.6. The number of amides is 4. The number of carbonyl (C=O) groups excluding carboxylic acids is 5. The van der Waals surface area contributed by atoms with Gasteiger partial charge in [-0.05, 0) is 110 Å². The molecule has 1 aromatic heterocycles. The van der Waals surface area contributed by atoms with Gasteiger partial charge in [0.25, 0.3) is 12.3 Å². The van der Waals surface area contributed by atoms with Gasteiger partial charge in [-0.25, -0.2) is 13.2 Å². The average Bonchev–Trinajstić information content (AvgIpc) is 3.89. The molecule has 5 heterocycles. The number of alkyl halides is 2. The van der Waals surface area contributed by atoms with Crippen molar-refractivity contribution in [3.05, 3.63) is 111 Å². The Balaban J connectivity index is 0.949. The number of aromatic nitrogens is 2. The van der Waals surface area contributed by atoms with E-state index < -0.39 is 12.2 Å². The Morgan fingerprint density at radius 2 is 1.69 bits per heavy atom. The third-order valence-corrected chi connectivity index (χ3v) is 13.4. The molecule has 1 fully saturated rings. The second-order valence-electron chi connectivity index (χ2n) is 17.4. The third-order valence-electron chi connectivity index (χ3n) is 13.4. The molecule has 16 heteroatoms. The number of hydrogen-bond acceptors (Lipinski definition) is 8. The number of nitrogens with zero attached hydrogens (tertiary/aromatic N) is 7. The number of allylic oxidation sites excluding steroid dienone is 1. The lowest BCUT2D eigenvalue weighted by Gasteiger charge is -2.34. The largest absolute Gasteiger partial charge is 0.341 e. The van der Waals surface area contributed by atoms with Gasteiger partial charge in [-0.2, -0.15) is 5.10 Å². The SMILES string of the molecule is C=C(CCC(C)N(C)C(=O)c1cc2c(cc1C=O)CN(CC(=O)N1CCC(n3nc(N4CCCc5cc(-c6ccc(F)cc6)c(C(F)F)cc54)c4c3CCN(C=O)C4)CC1)C2)NC=O. The minimum Gasteiger partial charge on any atom is -0.341 e. The van der Waals surface area contributed by atoms with Crippen LogP contribution in [0.15, 0.2) is 60.8 Å². The molecule has 0 saturated carbocycles. The molecule has 64 heavy (non-hydrogen) atoms. The molecule has 1 unspecified atom stereocenters. The van der Waals surface area contributed by atoms with E-state index in [1.807, 2.05) is 21.6 Å². The molecule has 13 nitrogen and oxygen atoms in total. The number of aryl methyl sites for hydroxylation is 1. The van der Waals surface area contributed by atoms with Crippen LogP contribution >= 0.6 is 0 Å². The van der Waals surface area contributed by atoms with Gasteiger partial charge in [0.05, 0.1) is 24.7 Å². The lowest BCUT2D eigenvalue weighted by atomic mass is 9.91. The monoisotopic (exact) mass is 878 g/mol. The Hall–Kier alpha value is -6.29. The second-order valence-corrected chi connectivity index (χ2v) is 17.4. The van der Waals surface area contributed by atoms with E-state index in [-0.39, 0.29) is 36.0 Å². The molecule has 4 aromatic rings. The van der Waals surface area contributed by atoms with Crippen molar-refractivity contribution in [1.29, 1.82) is 0 Å². The molecule has 4 aliphatic rings. The fourth-order valence-corrected chi connectivity index (χ4v) is 9.70. The molecule has 0 radical (unpaired) electrons. The smallest absolute Gasteiger partial charge is 0.264 e. The van der Waals surface area contributed by atoms with Gasteiger partial charge >= 0.3 is 0 Å². The van der Waals surface area contributed by atoms with Crippen LogP contribution in [0.2, 0.25) is 0 Å². The maximum atomic E-state index is 14.7. The van der Waals surface area contributed by atoms with E-state index in [1.165, 1.54) is 24.3 Å². The fraction of sp³-hybridized carbons (Fsp3) is 0.417. The van der Waals surface area contributed by atoms with E-state index in [9.17, 15) is 37.1 Å². The van der Waals surface area contributed by atoms with Crippen LogP contribution in [-0.4, -0.2) is 106 Å². The van der Waals surface area contributed by atoms with Crippen LogP contribution in [0.25, 0.3) is 11.1 Å². The Morgan fingerprint density at radius 3 is 2.38 bits per heavy atom. The number of fused-ring (bicyclic) bond motifs is 3. The normalized spacial score (nSPS) is 16.8. The lowest BCUT2D eigenvalue weighted by molar-refractivity contribution is -0.134. The molecule has 4 amide bonds. The number of piperidine rings is 1. The summed E-state index contributed by atoms with van der Waals surface area (Å²) in [5, 5.41) is 7.75. The number of carbonyl (C=O) groups is 5. The molecular weight excluding hydrogens is 826 g/mol. The maximum absolute atomic E-state index is 14.7. The van der Waals surface area contributed by atoms with Gasteiger partial charge in [0.1, 0.15) is 5.82 Å². The van der Waals surface area contributed by atoms with Crippen molar-refractivity contribution < 1.29 is 37.1 Å². The number of likely N-dealkylation sites (tertiary alicyclic amines) is 1. The van der Waals surface area contributed by atoms with Crippen LogP contribution < -0.4 is 10.2 Å². The summed E-state index contributed by atoms with van der Waals surface area (Å²) in [6.45, 7) is 9.29. The standard InChI is InChI=1S/C48H53F3N8O5/c1-30(52-28-61)6-7-31(2)54(3)48(64)40-21-35-24-56(23-34(35)19-36(40)27-60)26-45(63)57-17-12-38(13-18-57)59-43-14-16-55(29-62)25-42(43)47(53-59)58-15-4-5-33-20-39(32-8-10-37(49)11-9-32)41(46(50)51)22-44(33)58/h8-11,19-22,27-29,31,38,46H,1,4-7,12-18,23-26H2,2-3H3,(H,52,61). The number of rotatable bonds is 15. The highest BCUT2D eigenvalue weighted by atomic mass is 19.3. The highest BCUT2D eigenvalue weighted by Crippen LogP contribution is 2.44. The van der Waals surface area contributed by atoms with Crippen LogP contribution in [0.5, 0.6) is 0 Å². The molecule has 0 aliphatic carbocycles. The molecule has 3 aromatic carbocycles. The summed E-state index contributed by atoms with van der Waals surface area (Å²) < 4.78 is 45.3. The van der Waals surface area contributed by atoms with Gasteiger partial charge in [-0.15, -0.1) is 0 Å². The molecule has 1 N–H and O–H groups in total. The first-order valence-corrected chi connectivity index (χ1v) is 21.9. The number of aldehydes is 1. The van der Waals surface area contributed by atoms with Crippen LogP contribution in [0, 0.1) is 5.82 Å². The number of hydrogen-bond donors (Lipinski definition) is 1. The van der Waals surface area contributed by atoms with Gasteiger partial charge in [0.2, 0.25) is 18.7 Å². The molecular formula is C48H53F3N8O5. The predicted molar refractivity (Wildman–Crippen MR) is 234 cm³/mol. The average molecular weight is 879 g/mol. The Morgan fingerprint density at radius 1 is 0.953 bits per heavy atom. The van der Waals surface area contributed by atoms with Gasteiger partial charge in [-0.1, -0.05) is 18.7 Å². The Labute approximate surface area is 370 Å². The summed E-state index contributed by atoms with van der Waals surface area (Å²) in [7, 11) is 1.69. The molecule has 0 spiro atoms. The first-order chi connectivity index (χ1) is 30.9. The van der Waals surface area contributed by atoms with Crippen LogP contribution in [0.4, 0.5) is 24.7 Å². The summed E-state index contributed by atoms with van der Waals surface area (Å²) in [6.07, 6.45) is 3.76. The lowest BCUT2D eigenvalue weighted by Crippen LogP contribution is -2.43. The van der Waals surface area contributed by atoms with Crippen LogP contribution in [0.3, 0.4) is 0 Å². The van der Waals surface area contributed by atoms with Crippen molar-refractivity contribution in [3.63, 3.8) is 0 Å². The van der Waals surface area contributed by atoms with Crippen molar-refractivity contribution in [1.82, 2.24) is 34.7 Å². The first kappa shape index (κ1) is 44.3. The zero-order chi connectivity index (χ0) is 45.2. The maximum Gasteiger partial charge on any atom is 0.264 e. The minimum absolute atomic E-state index is 0.0121. The quantitative estimate of drug-likeness (QED) is 0.130. The van der Waals surface area contributed by atoms with E-state index >= 15 is 0 Å². The van der Waals surface area contributed by atoms with Gasteiger partial charge in [-0.3, -0.25) is 33.6 Å². The number of nitrogens with one attached hydrogen (secondary N) is 1. The van der Waals surface area contributed by atoms with Crippen molar-refractivity contribution in [2.75, 3.05) is 44.7 Å². The highest BCUT2D eigenvalue weighted by molar-refractivity contribution is 6.02. The Bertz CT molecular complexity index is 2470. The zero-order valence-electron chi connectivity index (χ0n) is 36.2. The number of benzene rings is 3. The minimum atomic E-state index is -2.77. The summed E-state index contributed by atoms with van der Waals surface area (Å²) in [5.41, 5.74) is 7.19.